The number of aliphatic carboxylic acids is 1. The summed E-state index contributed by atoms with van der Waals surface area (Å²) < 4.78 is 18.0. The number of rotatable bonds is 12. The van der Waals surface area contributed by atoms with Crippen LogP contribution in [0.3, 0.4) is 0 Å². The van der Waals surface area contributed by atoms with Crippen molar-refractivity contribution in [2.75, 3.05) is 13.2 Å². The number of carboxylic acids is 1. The molecule has 2 aliphatic carbocycles. The summed E-state index contributed by atoms with van der Waals surface area (Å²) in [5.41, 5.74) is 2.43. The predicted molar refractivity (Wildman–Crippen MR) is 144 cm³/mol. The number of hydrogen-bond acceptors (Lipinski definition) is 5. The van der Waals surface area contributed by atoms with E-state index < -0.39 is 5.97 Å². The summed E-state index contributed by atoms with van der Waals surface area (Å²) in [6.07, 6.45) is 15.9. The maximum atomic E-state index is 11.4. The van der Waals surface area contributed by atoms with Gasteiger partial charge in [-0.25, -0.2) is 4.79 Å². The SMILES string of the molecule is CCCCC[C@H](CCC1[C@@H]2CCCc3cccc(OCC(=O)O)c3C[C@@H](C2)C[C@H]1O)OC1CCCCO1. The van der Waals surface area contributed by atoms with E-state index in [-0.39, 0.29) is 25.1 Å². The highest BCUT2D eigenvalue weighted by Crippen LogP contribution is 2.44. The van der Waals surface area contributed by atoms with E-state index in [1.54, 1.807) is 0 Å². The van der Waals surface area contributed by atoms with Gasteiger partial charge >= 0.3 is 5.97 Å². The number of ether oxygens (including phenoxy) is 3. The number of hydrogen-bond donors (Lipinski definition) is 2. The highest BCUT2D eigenvalue weighted by molar-refractivity contribution is 5.68. The monoisotopic (exact) mass is 516 g/mol. The number of carbonyl (C=O) groups is 1. The predicted octanol–water partition coefficient (Wildman–Crippen LogP) is 6.30. The number of unbranched alkanes of at least 4 members (excludes halogenated alkanes) is 2. The fourth-order valence-corrected chi connectivity index (χ4v) is 6.97. The molecule has 37 heavy (non-hydrogen) atoms. The fourth-order valence-electron chi connectivity index (χ4n) is 6.97. The van der Waals surface area contributed by atoms with Gasteiger partial charge in [0.1, 0.15) is 5.75 Å². The van der Waals surface area contributed by atoms with Crippen LogP contribution in [0.2, 0.25) is 0 Å². The van der Waals surface area contributed by atoms with Crippen molar-refractivity contribution < 1.29 is 29.2 Å². The molecule has 0 spiro atoms. The van der Waals surface area contributed by atoms with Crippen LogP contribution in [0, 0.1) is 17.8 Å². The van der Waals surface area contributed by atoms with Gasteiger partial charge in [0.25, 0.3) is 0 Å². The first-order valence-corrected chi connectivity index (χ1v) is 14.9. The molecule has 3 aliphatic rings. The Morgan fingerprint density at radius 2 is 2.03 bits per heavy atom. The van der Waals surface area contributed by atoms with Gasteiger partial charge in [0.2, 0.25) is 0 Å². The van der Waals surface area contributed by atoms with Gasteiger partial charge in [-0.1, -0.05) is 38.3 Å². The molecule has 208 valence electrons. The summed E-state index contributed by atoms with van der Waals surface area (Å²) in [7, 11) is 0. The molecule has 2 bridgehead atoms. The zero-order valence-electron chi connectivity index (χ0n) is 22.7. The number of carboxylic acid groups (broad SMARTS) is 1. The lowest BCUT2D eigenvalue weighted by molar-refractivity contribution is -0.192. The minimum absolute atomic E-state index is 0.0537. The van der Waals surface area contributed by atoms with E-state index in [9.17, 15) is 9.90 Å². The van der Waals surface area contributed by atoms with Gasteiger partial charge in [-0.05, 0) is 112 Å². The Bertz CT molecular complexity index is 835. The van der Waals surface area contributed by atoms with E-state index in [2.05, 4.69) is 13.0 Å². The zero-order valence-corrected chi connectivity index (χ0v) is 22.7. The van der Waals surface area contributed by atoms with Gasteiger partial charge in [0, 0.05) is 6.61 Å². The Kier molecular flexibility index (Phi) is 11.1. The maximum absolute atomic E-state index is 11.4. The van der Waals surface area contributed by atoms with Gasteiger partial charge < -0.3 is 24.4 Å². The molecular formula is C31H48O6. The van der Waals surface area contributed by atoms with Crippen LogP contribution >= 0.6 is 0 Å². The highest BCUT2D eigenvalue weighted by atomic mass is 16.7. The van der Waals surface area contributed by atoms with Crippen molar-refractivity contribution in [1.82, 2.24) is 0 Å². The van der Waals surface area contributed by atoms with E-state index in [1.165, 1.54) is 31.2 Å². The third kappa shape index (κ3) is 8.43. The van der Waals surface area contributed by atoms with Crippen molar-refractivity contribution >= 4 is 5.97 Å². The van der Waals surface area contributed by atoms with Gasteiger partial charge in [-0.2, -0.15) is 0 Å². The number of aryl methyl sites for hydroxylation is 1. The molecule has 1 saturated heterocycles. The number of fused-ring (bicyclic) bond motifs is 3. The lowest BCUT2D eigenvalue weighted by Crippen LogP contribution is -2.38. The molecule has 1 saturated carbocycles. The standard InChI is InChI=1S/C31H48O6/c1-2-3-4-12-25(37-31-14-5-6-17-35-31)15-16-26-24-11-7-9-23-10-8-13-29(36-21-30(33)34)27(23)19-22(18-24)20-28(26)32/h8,10,13,22,24-26,28,31-32H,2-7,9,11-12,14-21H2,1H3,(H,33,34)/t22-,24-,25-,26?,28-,31?/m1/s1. The van der Waals surface area contributed by atoms with Crippen molar-refractivity contribution in [3.8, 4) is 5.75 Å². The molecule has 0 aromatic heterocycles. The third-order valence-corrected chi connectivity index (χ3v) is 8.84. The molecule has 1 heterocycles. The van der Waals surface area contributed by atoms with Crippen molar-refractivity contribution in [3.05, 3.63) is 29.3 Å². The highest BCUT2D eigenvalue weighted by Gasteiger charge is 2.38. The number of benzene rings is 1. The van der Waals surface area contributed by atoms with Crippen molar-refractivity contribution in [2.24, 2.45) is 17.8 Å². The Labute approximate surface area is 223 Å². The first kappa shape index (κ1) is 28.4. The molecule has 2 fully saturated rings. The van der Waals surface area contributed by atoms with Gasteiger partial charge in [-0.3, -0.25) is 0 Å². The first-order valence-electron chi connectivity index (χ1n) is 14.9. The molecule has 4 rings (SSSR count). The second-order valence-electron chi connectivity index (χ2n) is 11.6. The molecule has 1 aromatic carbocycles. The van der Waals surface area contributed by atoms with Gasteiger partial charge in [0.05, 0.1) is 12.2 Å². The molecule has 2 unspecified atom stereocenters. The lowest BCUT2D eigenvalue weighted by Gasteiger charge is -2.40. The molecule has 1 aromatic rings. The molecule has 6 heteroatoms. The average Bonchev–Trinajstić information content (AvgIpc) is 2.95. The molecule has 6 nitrogen and oxygen atoms in total. The summed E-state index contributed by atoms with van der Waals surface area (Å²) in [5.74, 6) is 0.990. The van der Waals surface area contributed by atoms with Crippen LogP contribution in [0.5, 0.6) is 5.75 Å². The topological polar surface area (TPSA) is 85.2 Å². The molecule has 0 amide bonds. The number of aliphatic hydroxyl groups excluding tert-OH is 1. The Hall–Kier alpha value is -1.63. The third-order valence-electron chi connectivity index (χ3n) is 8.84. The molecule has 2 N–H and O–H groups in total. The largest absolute Gasteiger partial charge is 0.482 e. The zero-order chi connectivity index (χ0) is 26.0. The summed E-state index contributed by atoms with van der Waals surface area (Å²) in [6.45, 7) is 2.73. The van der Waals surface area contributed by atoms with E-state index in [1.807, 2.05) is 12.1 Å². The Morgan fingerprint density at radius 3 is 2.81 bits per heavy atom. The summed E-state index contributed by atoms with van der Waals surface area (Å²) >= 11 is 0. The first-order chi connectivity index (χ1) is 18.0. The minimum atomic E-state index is -0.955. The van der Waals surface area contributed by atoms with E-state index in [0.29, 0.717) is 23.5 Å². The van der Waals surface area contributed by atoms with Gasteiger partial charge in [0.15, 0.2) is 12.9 Å². The van der Waals surface area contributed by atoms with Crippen LogP contribution in [0.25, 0.3) is 0 Å². The van der Waals surface area contributed by atoms with Crippen molar-refractivity contribution in [1.29, 1.82) is 0 Å². The van der Waals surface area contributed by atoms with Crippen molar-refractivity contribution in [2.45, 2.75) is 122 Å². The quantitative estimate of drug-likeness (QED) is 0.317. The second kappa shape index (κ2) is 14.5. The molecular weight excluding hydrogens is 468 g/mol. The minimum Gasteiger partial charge on any atom is -0.482 e. The van der Waals surface area contributed by atoms with Crippen LogP contribution in [-0.2, 0) is 27.1 Å². The van der Waals surface area contributed by atoms with E-state index >= 15 is 0 Å². The molecule has 0 radical (unpaired) electrons. The smallest absolute Gasteiger partial charge is 0.341 e. The van der Waals surface area contributed by atoms with Crippen LogP contribution in [0.1, 0.15) is 102 Å². The van der Waals surface area contributed by atoms with Crippen LogP contribution in [0.15, 0.2) is 18.2 Å². The van der Waals surface area contributed by atoms with Crippen LogP contribution in [-0.4, -0.2) is 47.9 Å². The van der Waals surface area contributed by atoms with Gasteiger partial charge in [-0.15, -0.1) is 0 Å². The lowest BCUT2D eigenvalue weighted by atomic mass is 9.68. The summed E-state index contributed by atoms with van der Waals surface area (Å²) in [4.78, 5) is 11.1. The van der Waals surface area contributed by atoms with E-state index in [0.717, 1.165) is 82.8 Å². The molecule has 6 atom stereocenters. The fraction of sp³-hybridized carbons (Fsp3) is 0.774. The summed E-state index contributed by atoms with van der Waals surface area (Å²) in [6, 6.07) is 6.04. The molecule has 1 aliphatic heterocycles. The summed E-state index contributed by atoms with van der Waals surface area (Å²) in [5, 5.41) is 20.4. The average molecular weight is 517 g/mol. The Balaban J connectivity index is 1.39. The van der Waals surface area contributed by atoms with E-state index in [4.69, 9.17) is 19.3 Å². The second-order valence-corrected chi connectivity index (χ2v) is 11.6. The van der Waals surface area contributed by atoms with Crippen molar-refractivity contribution in [3.63, 3.8) is 0 Å². The van der Waals surface area contributed by atoms with Crippen LogP contribution in [0.4, 0.5) is 0 Å². The number of aliphatic hydroxyl groups is 1. The van der Waals surface area contributed by atoms with Crippen LogP contribution < -0.4 is 4.74 Å². The normalized spacial score (nSPS) is 28.9. The Morgan fingerprint density at radius 1 is 1.14 bits per heavy atom. The maximum Gasteiger partial charge on any atom is 0.341 e.